The highest BCUT2D eigenvalue weighted by atomic mass is 16.5. The Morgan fingerprint density at radius 1 is 1.16 bits per heavy atom. The Bertz CT molecular complexity index is 1080. The van der Waals surface area contributed by atoms with Crippen LogP contribution in [0, 0.1) is 0 Å². The van der Waals surface area contributed by atoms with Crippen molar-refractivity contribution in [2.75, 3.05) is 35.6 Å². The molecule has 0 radical (unpaired) electrons. The predicted octanol–water partition coefficient (Wildman–Crippen LogP) is 4.00. The minimum atomic E-state index is -0.349. The molecule has 1 aliphatic rings. The number of benzene rings is 2. The van der Waals surface area contributed by atoms with Crippen LogP contribution in [-0.2, 0) is 0 Å². The molecular weight excluding hydrogens is 390 g/mol. The molecule has 31 heavy (non-hydrogen) atoms. The van der Waals surface area contributed by atoms with Gasteiger partial charge in [-0.25, -0.2) is 4.98 Å². The van der Waals surface area contributed by atoms with Crippen LogP contribution in [0.2, 0.25) is 0 Å². The number of anilines is 3. The molecule has 7 heteroatoms. The maximum atomic E-state index is 12.6. The van der Waals surface area contributed by atoms with E-state index in [1.807, 2.05) is 25.1 Å². The van der Waals surface area contributed by atoms with Crippen molar-refractivity contribution in [2.24, 2.45) is 0 Å². The molecular formula is C24H25N5O2. The van der Waals surface area contributed by atoms with E-state index in [2.05, 4.69) is 38.4 Å². The van der Waals surface area contributed by atoms with Crippen LogP contribution in [0.5, 0.6) is 5.75 Å². The lowest BCUT2D eigenvalue weighted by atomic mass is 10.00. The lowest BCUT2D eigenvalue weighted by Gasteiger charge is -2.27. The lowest BCUT2D eigenvalue weighted by Crippen LogP contribution is -2.30. The summed E-state index contributed by atoms with van der Waals surface area (Å²) in [5, 5.41) is 2.81. The van der Waals surface area contributed by atoms with Gasteiger partial charge < -0.3 is 20.7 Å². The zero-order valence-corrected chi connectivity index (χ0v) is 17.4. The standard InChI is InChI=1S/C24H25N5O2/c1-2-31-20-10-8-19(9-11-20)27-23(30)21-16-26-24(28-22(21)25)29-14-12-18(13-15-29)17-6-4-3-5-7-17/h3-12,16H,2,13-15H2,1H3,(H,27,30)(H2,25,26,28). The maximum Gasteiger partial charge on any atom is 0.260 e. The van der Waals surface area contributed by atoms with Crippen molar-refractivity contribution >= 4 is 28.9 Å². The molecule has 4 rings (SSSR count). The van der Waals surface area contributed by atoms with Gasteiger partial charge in [0.25, 0.3) is 5.91 Å². The van der Waals surface area contributed by atoms with E-state index in [1.54, 1.807) is 24.3 Å². The first-order valence-corrected chi connectivity index (χ1v) is 10.3. The number of nitrogens with two attached hydrogens (primary N) is 1. The monoisotopic (exact) mass is 415 g/mol. The first-order chi connectivity index (χ1) is 15.1. The van der Waals surface area contributed by atoms with Crippen LogP contribution in [-0.4, -0.2) is 35.6 Å². The second-order valence-corrected chi connectivity index (χ2v) is 7.17. The quantitative estimate of drug-likeness (QED) is 0.632. The number of rotatable bonds is 6. The highest BCUT2D eigenvalue weighted by Crippen LogP contribution is 2.25. The molecule has 1 aliphatic heterocycles. The molecule has 7 nitrogen and oxygen atoms in total. The van der Waals surface area contributed by atoms with Gasteiger partial charge in [0, 0.05) is 25.0 Å². The van der Waals surface area contributed by atoms with Gasteiger partial charge in [0.15, 0.2) is 0 Å². The Labute approximate surface area is 181 Å². The van der Waals surface area contributed by atoms with Crippen molar-refractivity contribution in [1.82, 2.24) is 9.97 Å². The molecule has 0 aliphatic carbocycles. The van der Waals surface area contributed by atoms with Gasteiger partial charge in [0.05, 0.1) is 6.61 Å². The molecule has 1 aromatic heterocycles. The molecule has 3 N–H and O–H groups in total. The van der Waals surface area contributed by atoms with Crippen LogP contribution in [0.25, 0.3) is 5.57 Å². The van der Waals surface area contributed by atoms with Crippen molar-refractivity contribution in [1.29, 1.82) is 0 Å². The summed E-state index contributed by atoms with van der Waals surface area (Å²) in [6.07, 6.45) is 4.57. The van der Waals surface area contributed by atoms with Crippen molar-refractivity contribution in [3.8, 4) is 5.75 Å². The fourth-order valence-electron chi connectivity index (χ4n) is 3.48. The number of hydrogen-bond donors (Lipinski definition) is 2. The molecule has 0 saturated heterocycles. The van der Waals surface area contributed by atoms with Gasteiger partial charge in [0.1, 0.15) is 17.1 Å². The van der Waals surface area contributed by atoms with Crippen LogP contribution >= 0.6 is 0 Å². The van der Waals surface area contributed by atoms with E-state index in [4.69, 9.17) is 10.5 Å². The second-order valence-electron chi connectivity index (χ2n) is 7.17. The van der Waals surface area contributed by atoms with Crippen molar-refractivity contribution < 1.29 is 9.53 Å². The van der Waals surface area contributed by atoms with E-state index in [1.165, 1.54) is 17.3 Å². The Hall–Kier alpha value is -3.87. The zero-order chi connectivity index (χ0) is 21.6. The Morgan fingerprint density at radius 2 is 1.94 bits per heavy atom. The normalized spacial score (nSPS) is 13.5. The van der Waals surface area contributed by atoms with E-state index in [9.17, 15) is 4.79 Å². The minimum absolute atomic E-state index is 0.159. The third-order valence-electron chi connectivity index (χ3n) is 5.11. The van der Waals surface area contributed by atoms with Gasteiger partial charge in [-0.15, -0.1) is 0 Å². The molecule has 1 amide bonds. The molecule has 0 fully saturated rings. The Kier molecular flexibility index (Phi) is 6.12. The third kappa shape index (κ3) is 4.83. The maximum absolute atomic E-state index is 12.6. The van der Waals surface area contributed by atoms with E-state index in [0.29, 0.717) is 24.8 Å². The van der Waals surface area contributed by atoms with E-state index in [0.717, 1.165) is 18.7 Å². The van der Waals surface area contributed by atoms with Gasteiger partial charge >= 0.3 is 0 Å². The first kappa shape index (κ1) is 20.4. The Balaban J connectivity index is 1.42. The van der Waals surface area contributed by atoms with Gasteiger partial charge in [-0.1, -0.05) is 36.4 Å². The average molecular weight is 415 g/mol. The van der Waals surface area contributed by atoms with Crippen molar-refractivity contribution in [3.63, 3.8) is 0 Å². The summed E-state index contributed by atoms with van der Waals surface area (Å²) in [4.78, 5) is 23.4. The summed E-state index contributed by atoms with van der Waals surface area (Å²) in [6, 6.07) is 17.5. The molecule has 0 saturated carbocycles. The predicted molar refractivity (Wildman–Crippen MR) is 123 cm³/mol. The van der Waals surface area contributed by atoms with Crippen LogP contribution in [0.4, 0.5) is 17.5 Å². The number of ether oxygens (including phenoxy) is 1. The number of carbonyl (C=O) groups is 1. The van der Waals surface area contributed by atoms with Gasteiger partial charge in [-0.2, -0.15) is 4.98 Å². The summed E-state index contributed by atoms with van der Waals surface area (Å²) in [6.45, 7) is 4.00. The Morgan fingerprint density at radius 3 is 2.58 bits per heavy atom. The van der Waals surface area contributed by atoms with Crippen molar-refractivity contribution in [3.05, 3.63) is 78.0 Å². The van der Waals surface area contributed by atoms with Gasteiger partial charge in [-0.3, -0.25) is 4.79 Å². The largest absolute Gasteiger partial charge is 0.494 e. The molecule has 0 unspecified atom stereocenters. The second kappa shape index (κ2) is 9.30. The fourth-order valence-corrected chi connectivity index (χ4v) is 3.48. The highest BCUT2D eigenvalue weighted by molar-refractivity contribution is 6.07. The number of hydrogen-bond acceptors (Lipinski definition) is 6. The van der Waals surface area contributed by atoms with E-state index in [-0.39, 0.29) is 17.3 Å². The molecule has 2 aromatic carbocycles. The number of nitrogens with zero attached hydrogens (tertiary/aromatic N) is 3. The number of nitrogen functional groups attached to an aromatic ring is 1. The highest BCUT2D eigenvalue weighted by Gasteiger charge is 2.18. The summed E-state index contributed by atoms with van der Waals surface area (Å²) >= 11 is 0. The number of amides is 1. The van der Waals surface area contributed by atoms with E-state index < -0.39 is 0 Å². The van der Waals surface area contributed by atoms with E-state index >= 15 is 0 Å². The molecule has 0 atom stereocenters. The summed E-state index contributed by atoms with van der Waals surface area (Å²) in [7, 11) is 0. The summed E-state index contributed by atoms with van der Waals surface area (Å²) in [5.74, 6) is 1.08. The molecule has 0 bridgehead atoms. The molecule has 3 aromatic rings. The third-order valence-corrected chi connectivity index (χ3v) is 5.11. The fraction of sp³-hybridized carbons (Fsp3) is 0.208. The summed E-state index contributed by atoms with van der Waals surface area (Å²) < 4.78 is 5.41. The van der Waals surface area contributed by atoms with Crippen LogP contribution in [0.1, 0.15) is 29.3 Å². The first-order valence-electron chi connectivity index (χ1n) is 10.3. The van der Waals surface area contributed by atoms with Crippen LogP contribution < -0.4 is 20.7 Å². The smallest absolute Gasteiger partial charge is 0.260 e. The lowest BCUT2D eigenvalue weighted by molar-refractivity contribution is 0.102. The minimum Gasteiger partial charge on any atom is -0.494 e. The zero-order valence-electron chi connectivity index (χ0n) is 17.4. The topological polar surface area (TPSA) is 93.4 Å². The number of carbonyl (C=O) groups excluding carboxylic acids is 1. The SMILES string of the molecule is CCOc1ccc(NC(=O)c2cnc(N3CC=C(c4ccccc4)CC3)nc2N)cc1. The van der Waals surface area contributed by atoms with Crippen LogP contribution in [0.15, 0.2) is 66.9 Å². The van der Waals surface area contributed by atoms with Crippen molar-refractivity contribution in [2.45, 2.75) is 13.3 Å². The van der Waals surface area contributed by atoms with Gasteiger partial charge in [0.2, 0.25) is 5.95 Å². The molecule has 2 heterocycles. The number of aromatic nitrogens is 2. The average Bonchev–Trinajstić information content (AvgIpc) is 2.81. The summed E-state index contributed by atoms with van der Waals surface area (Å²) in [5.41, 5.74) is 9.54. The number of nitrogens with one attached hydrogen (secondary N) is 1. The molecule has 0 spiro atoms. The molecule has 158 valence electrons. The van der Waals surface area contributed by atoms with Gasteiger partial charge in [-0.05, 0) is 48.7 Å². The van der Waals surface area contributed by atoms with Crippen LogP contribution in [0.3, 0.4) is 0 Å².